The van der Waals surface area contributed by atoms with Gasteiger partial charge < -0.3 is 10.4 Å². The van der Waals surface area contributed by atoms with Crippen LogP contribution < -0.4 is 5.32 Å². The largest absolute Gasteiger partial charge is 0.395 e. The summed E-state index contributed by atoms with van der Waals surface area (Å²) in [6, 6.07) is 7.80. The van der Waals surface area contributed by atoms with Crippen LogP contribution in [0, 0.1) is 0 Å². The number of hydrogen-bond acceptors (Lipinski definition) is 2. The second-order valence-electron chi connectivity index (χ2n) is 3.09. The molecular weight excluding hydrogens is 186 g/mol. The first kappa shape index (κ1) is 10.5. The lowest BCUT2D eigenvalue weighted by Crippen LogP contribution is -2.28. The van der Waals surface area contributed by atoms with Gasteiger partial charge in [-0.15, -0.1) is 0 Å². The maximum atomic E-state index is 8.77. The summed E-state index contributed by atoms with van der Waals surface area (Å²) < 4.78 is 0. The average molecular weight is 200 g/mol. The molecule has 0 fully saturated rings. The Morgan fingerprint density at radius 3 is 2.54 bits per heavy atom. The highest BCUT2D eigenvalue weighted by atomic mass is 35.5. The van der Waals surface area contributed by atoms with E-state index in [0.717, 1.165) is 11.6 Å². The lowest BCUT2D eigenvalue weighted by Gasteiger charge is -2.10. The molecule has 1 rings (SSSR count). The molecule has 0 saturated carbocycles. The van der Waals surface area contributed by atoms with Crippen LogP contribution in [0.15, 0.2) is 24.3 Å². The van der Waals surface area contributed by atoms with Crippen LogP contribution in [0.1, 0.15) is 12.5 Å². The van der Waals surface area contributed by atoms with Gasteiger partial charge in [0.15, 0.2) is 0 Å². The van der Waals surface area contributed by atoms with E-state index in [1.54, 1.807) is 0 Å². The van der Waals surface area contributed by atoms with Crippen molar-refractivity contribution >= 4 is 11.6 Å². The van der Waals surface area contributed by atoms with Crippen LogP contribution in [-0.4, -0.2) is 17.8 Å². The molecule has 72 valence electrons. The molecule has 1 aromatic rings. The molecule has 0 spiro atoms. The number of rotatable bonds is 4. The minimum Gasteiger partial charge on any atom is -0.395 e. The maximum Gasteiger partial charge on any atom is 0.0582 e. The van der Waals surface area contributed by atoms with E-state index in [1.807, 2.05) is 31.2 Å². The molecule has 0 aromatic heterocycles. The minimum atomic E-state index is 0.135. The molecule has 2 nitrogen and oxygen atoms in total. The predicted octanol–water partition coefficient (Wildman–Crippen LogP) is 1.81. The lowest BCUT2D eigenvalue weighted by atomic mass is 10.2. The Kier molecular flexibility index (Phi) is 4.22. The van der Waals surface area contributed by atoms with Crippen molar-refractivity contribution in [1.29, 1.82) is 0 Å². The molecule has 2 N–H and O–H groups in total. The fourth-order valence-corrected chi connectivity index (χ4v) is 1.08. The van der Waals surface area contributed by atoms with Crippen molar-refractivity contribution < 1.29 is 5.11 Å². The fraction of sp³-hybridized carbons (Fsp3) is 0.400. The van der Waals surface area contributed by atoms with Crippen molar-refractivity contribution in [3.05, 3.63) is 34.9 Å². The van der Waals surface area contributed by atoms with Crippen LogP contribution >= 0.6 is 11.6 Å². The molecule has 1 aromatic carbocycles. The van der Waals surface area contributed by atoms with Crippen LogP contribution in [0.25, 0.3) is 0 Å². The first-order chi connectivity index (χ1) is 6.22. The van der Waals surface area contributed by atoms with Gasteiger partial charge in [-0.25, -0.2) is 0 Å². The molecule has 0 saturated heterocycles. The van der Waals surface area contributed by atoms with E-state index >= 15 is 0 Å². The molecule has 0 radical (unpaired) electrons. The fourth-order valence-electron chi connectivity index (χ4n) is 0.959. The zero-order valence-electron chi connectivity index (χ0n) is 7.63. The van der Waals surface area contributed by atoms with Gasteiger partial charge in [-0.3, -0.25) is 0 Å². The smallest absolute Gasteiger partial charge is 0.0582 e. The number of aliphatic hydroxyl groups is 1. The van der Waals surface area contributed by atoms with E-state index in [9.17, 15) is 0 Å². The van der Waals surface area contributed by atoms with Gasteiger partial charge in [0, 0.05) is 17.6 Å². The van der Waals surface area contributed by atoms with E-state index in [0.29, 0.717) is 0 Å². The predicted molar refractivity (Wildman–Crippen MR) is 54.8 cm³/mol. The molecular formula is C10H14ClNO. The van der Waals surface area contributed by atoms with Gasteiger partial charge in [0.05, 0.1) is 6.61 Å². The second-order valence-corrected chi connectivity index (χ2v) is 3.53. The van der Waals surface area contributed by atoms with Gasteiger partial charge in [-0.2, -0.15) is 0 Å². The third kappa shape index (κ3) is 3.77. The molecule has 0 aliphatic carbocycles. The SMILES string of the molecule is C[C@@H](CO)NCc1ccc(Cl)cc1. The van der Waals surface area contributed by atoms with E-state index in [-0.39, 0.29) is 12.6 Å². The molecule has 0 aliphatic rings. The Bertz CT molecular complexity index is 248. The van der Waals surface area contributed by atoms with Crippen molar-refractivity contribution in [1.82, 2.24) is 5.32 Å². The molecule has 0 amide bonds. The number of aliphatic hydroxyl groups excluding tert-OH is 1. The highest BCUT2D eigenvalue weighted by molar-refractivity contribution is 6.30. The van der Waals surface area contributed by atoms with Crippen molar-refractivity contribution in [2.75, 3.05) is 6.61 Å². The Balaban J connectivity index is 2.41. The number of halogens is 1. The van der Waals surface area contributed by atoms with Crippen molar-refractivity contribution in [3.63, 3.8) is 0 Å². The third-order valence-electron chi connectivity index (χ3n) is 1.84. The molecule has 0 unspecified atom stereocenters. The molecule has 13 heavy (non-hydrogen) atoms. The zero-order chi connectivity index (χ0) is 9.68. The average Bonchev–Trinajstić information content (AvgIpc) is 2.16. The van der Waals surface area contributed by atoms with Gasteiger partial charge in [0.1, 0.15) is 0 Å². The summed E-state index contributed by atoms with van der Waals surface area (Å²) in [7, 11) is 0. The standard InChI is InChI=1S/C10H14ClNO/c1-8(7-13)12-6-9-2-4-10(11)5-3-9/h2-5,8,12-13H,6-7H2,1H3/t8-/m0/s1. The van der Waals surface area contributed by atoms with Crippen LogP contribution in [0.3, 0.4) is 0 Å². The van der Waals surface area contributed by atoms with Crippen LogP contribution in [0.4, 0.5) is 0 Å². The van der Waals surface area contributed by atoms with Crippen LogP contribution in [-0.2, 0) is 6.54 Å². The Morgan fingerprint density at radius 2 is 2.00 bits per heavy atom. The summed E-state index contributed by atoms with van der Waals surface area (Å²) in [6.45, 7) is 2.86. The van der Waals surface area contributed by atoms with Gasteiger partial charge in [0.2, 0.25) is 0 Å². The first-order valence-corrected chi connectivity index (χ1v) is 4.69. The molecule has 0 heterocycles. The Labute approximate surface area is 83.5 Å². The Morgan fingerprint density at radius 1 is 1.38 bits per heavy atom. The summed E-state index contributed by atoms with van der Waals surface area (Å²) >= 11 is 5.74. The topological polar surface area (TPSA) is 32.3 Å². The summed E-state index contributed by atoms with van der Waals surface area (Å²) in [6.07, 6.45) is 0. The van der Waals surface area contributed by atoms with Gasteiger partial charge >= 0.3 is 0 Å². The van der Waals surface area contributed by atoms with Crippen molar-refractivity contribution in [2.45, 2.75) is 19.5 Å². The Hall–Kier alpha value is -0.570. The van der Waals surface area contributed by atoms with Crippen LogP contribution in [0.2, 0.25) is 5.02 Å². The molecule has 3 heteroatoms. The van der Waals surface area contributed by atoms with Gasteiger partial charge in [0.25, 0.3) is 0 Å². The monoisotopic (exact) mass is 199 g/mol. The van der Waals surface area contributed by atoms with E-state index in [4.69, 9.17) is 16.7 Å². The summed E-state index contributed by atoms with van der Waals surface area (Å²) in [5.74, 6) is 0. The van der Waals surface area contributed by atoms with E-state index < -0.39 is 0 Å². The van der Waals surface area contributed by atoms with E-state index in [1.165, 1.54) is 5.56 Å². The lowest BCUT2D eigenvalue weighted by molar-refractivity contribution is 0.251. The third-order valence-corrected chi connectivity index (χ3v) is 2.09. The maximum absolute atomic E-state index is 8.77. The highest BCUT2D eigenvalue weighted by Crippen LogP contribution is 2.09. The zero-order valence-corrected chi connectivity index (χ0v) is 8.38. The van der Waals surface area contributed by atoms with Crippen molar-refractivity contribution in [2.24, 2.45) is 0 Å². The first-order valence-electron chi connectivity index (χ1n) is 4.31. The van der Waals surface area contributed by atoms with Gasteiger partial charge in [-0.05, 0) is 24.6 Å². The quantitative estimate of drug-likeness (QED) is 0.776. The molecule has 0 bridgehead atoms. The minimum absolute atomic E-state index is 0.135. The number of nitrogens with one attached hydrogen (secondary N) is 1. The normalized spacial score (nSPS) is 12.8. The second kappa shape index (κ2) is 5.22. The molecule has 0 aliphatic heterocycles. The van der Waals surface area contributed by atoms with Crippen molar-refractivity contribution in [3.8, 4) is 0 Å². The summed E-state index contributed by atoms with van der Waals surface area (Å²) in [4.78, 5) is 0. The number of hydrogen-bond donors (Lipinski definition) is 2. The highest BCUT2D eigenvalue weighted by Gasteiger charge is 1.98. The van der Waals surface area contributed by atoms with Crippen LogP contribution in [0.5, 0.6) is 0 Å². The van der Waals surface area contributed by atoms with Gasteiger partial charge in [-0.1, -0.05) is 23.7 Å². The summed E-state index contributed by atoms with van der Waals surface area (Å²) in [5.41, 5.74) is 1.17. The summed E-state index contributed by atoms with van der Waals surface area (Å²) in [5, 5.41) is 12.7. The molecule has 1 atom stereocenters. The number of benzene rings is 1. The van der Waals surface area contributed by atoms with E-state index in [2.05, 4.69) is 5.32 Å².